The molecule has 0 heterocycles. The van der Waals surface area contributed by atoms with Crippen molar-refractivity contribution in [3.05, 3.63) is 28.3 Å². The van der Waals surface area contributed by atoms with Gasteiger partial charge in [0.25, 0.3) is 15.8 Å². The van der Waals surface area contributed by atoms with Crippen molar-refractivity contribution in [3.8, 4) is 0 Å². The van der Waals surface area contributed by atoms with Crippen LogP contribution in [0.4, 0.5) is 11.4 Å². The number of rotatable bonds is 4. The van der Waals surface area contributed by atoms with E-state index in [1.807, 2.05) is 0 Å². The SMILES string of the molecule is CCOS(=O)(=O)c1ccc(N)c([N+](=O)[O-])c1. The Morgan fingerprint density at radius 2 is 2.12 bits per heavy atom. The molecule has 16 heavy (non-hydrogen) atoms. The van der Waals surface area contributed by atoms with Crippen LogP contribution in [0.1, 0.15) is 6.92 Å². The van der Waals surface area contributed by atoms with Crippen LogP contribution in [0.2, 0.25) is 0 Å². The van der Waals surface area contributed by atoms with Gasteiger partial charge in [0.15, 0.2) is 0 Å². The number of nitro groups is 1. The molecular weight excluding hydrogens is 236 g/mol. The first-order chi connectivity index (χ1) is 7.38. The fourth-order valence-corrected chi connectivity index (χ4v) is 2.00. The highest BCUT2D eigenvalue weighted by molar-refractivity contribution is 7.86. The highest BCUT2D eigenvalue weighted by Crippen LogP contribution is 2.25. The van der Waals surface area contributed by atoms with E-state index in [2.05, 4.69) is 4.18 Å². The van der Waals surface area contributed by atoms with E-state index in [4.69, 9.17) is 5.73 Å². The molecule has 0 saturated heterocycles. The number of nitrogen functional groups attached to an aromatic ring is 1. The van der Waals surface area contributed by atoms with Crippen LogP contribution in [0.15, 0.2) is 23.1 Å². The Balaban J connectivity index is 3.28. The minimum Gasteiger partial charge on any atom is -0.393 e. The molecule has 88 valence electrons. The van der Waals surface area contributed by atoms with Crippen LogP contribution in [0.25, 0.3) is 0 Å². The molecule has 1 rings (SSSR count). The maximum atomic E-state index is 11.4. The van der Waals surface area contributed by atoms with Gasteiger partial charge in [-0.1, -0.05) is 0 Å². The zero-order valence-electron chi connectivity index (χ0n) is 8.41. The summed E-state index contributed by atoms with van der Waals surface area (Å²) in [5, 5.41) is 10.5. The van der Waals surface area contributed by atoms with Crippen molar-refractivity contribution >= 4 is 21.5 Å². The highest BCUT2D eigenvalue weighted by Gasteiger charge is 2.20. The number of benzene rings is 1. The summed E-state index contributed by atoms with van der Waals surface area (Å²) >= 11 is 0. The molecule has 7 nitrogen and oxygen atoms in total. The van der Waals surface area contributed by atoms with Crippen molar-refractivity contribution in [3.63, 3.8) is 0 Å². The third kappa shape index (κ3) is 2.47. The van der Waals surface area contributed by atoms with Gasteiger partial charge >= 0.3 is 0 Å². The Kier molecular flexibility index (Phi) is 3.45. The zero-order valence-corrected chi connectivity index (χ0v) is 9.23. The van der Waals surface area contributed by atoms with Crippen LogP contribution in [-0.2, 0) is 14.3 Å². The molecule has 0 amide bonds. The number of nitrogens with zero attached hydrogens (tertiary/aromatic N) is 1. The molecule has 0 saturated carbocycles. The van der Waals surface area contributed by atoms with Gasteiger partial charge < -0.3 is 5.73 Å². The zero-order chi connectivity index (χ0) is 12.3. The van der Waals surface area contributed by atoms with Gasteiger partial charge in [-0.05, 0) is 19.1 Å². The van der Waals surface area contributed by atoms with Gasteiger partial charge in [-0.3, -0.25) is 14.3 Å². The van der Waals surface area contributed by atoms with Gasteiger partial charge in [-0.15, -0.1) is 0 Å². The van der Waals surface area contributed by atoms with Crippen LogP contribution in [0.3, 0.4) is 0 Å². The molecule has 0 unspecified atom stereocenters. The van der Waals surface area contributed by atoms with Crippen molar-refractivity contribution in [1.29, 1.82) is 0 Å². The average Bonchev–Trinajstić information content (AvgIpc) is 2.17. The quantitative estimate of drug-likeness (QED) is 0.365. The van der Waals surface area contributed by atoms with Crippen molar-refractivity contribution in [2.24, 2.45) is 0 Å². The minimum absolute atomic E-state index is 0.0412. The Labute approximate surface area is 92.1 Å². The van der Waals surface area contributed by atoms with Crippen LogP contribution in [0, 0.1) is 10.1 Å². The monoisotopic (exact) mass is 246 g/mol. The van der Waals surface area contributed by atoms with Crippen LogP contribution < -0.4 is 5.73 Å². The molecule has 0 spiro atoms. The van der Waals surface area contributed by atoms with E-state index in [0.29, 0.717) is 0 Å². The molecule has 0 aliphatic rings. The topological polar surface area (TPSA) is 113 Å². The molecule has 1 aromatic carbocycles. The van der Waals surface area contributed by atoms with Crippen molar-refractivity contribution < 1.29 is 17.5 Å². The summed E-state index contributed by atoms with van der Waals surface area (Å²) in [6, 6.07) is 3.19. The van der Waals surface area contributed by atoms with Gasteiger partial charge in [0.2, 0.25) is 0 Å². The lowest BCUT2D eigenvalue weighted by molar-refractivity contribution is -0.384. The molecule has 0 fully saturated rings. The second-order valence-electron chi connectivity index (χ2n) is 2.84. The van der Waals surface area contributed by atoms with Crippen molar-refractivity contribution in [2.45, 2.75) is 11.8 Å². The summed E-state index contributed by atoms with van der Waals surface area (Å²) in [5.74, 6) is 0. The predicted molar refractivity (Wildman–Crippen MR) is 56.3 cm³/mol. The number of hydrogen-bond donors (Lipinski definition) is 1. The Morgan fingerprint density at radius 3 is 2.62 bits per heavy atom. The second-order valence-corrected chi connectivity index (χ2v) is 4.45. The number of nitro benzene ring substituents is 1. The first kappa shape index (κ1) is 12.4. The molecule has 0 radical (unpaired) electrons. The summed E-state index contributed by atoms with van der Waals surface area (Å²) in [6.45, 7) is 1.46. The first-order valence-corrected chi connectivity index (χ1v) is 5.72. The molecule has 0 bridgehead atoms. The molecule has 0 aliphatic heterocycles. The Bertz CT molecular complexity index is 511. The van der Waals surface area contributed by atoms with Gasteiger partial charge in [0, 0.05) is 6.07 Å². The molecule has 2 N–H and O–H groups in total. The van der Waals surface area contributed by atoms with Crippen LogP contribution in [0.5, 0.6) is 0 Å². The van der Waals surface area contributed by atoms with E-state index in [1.165, 1.54) is 6.92 Å². The third-order valence-electron chi connectivity index (χ3n) is 1.76. The summed E-state index contributed by atoms with van der Waals surface area (Å²) in [5.41, 5.74) is 4.78. The van der Waals surface area contributed by atoms with Gasteiger partial charge in [-0.2, -0.15) is 8.42 Å². The summed E-state index contributed by atoms with van der Waals surface area (Å²) in [6.07, 6.45) is 0. The third-order valence-corrected chi connectivity index (χ3v) is 3.14. The summed E-state index contributed by atoms with van der Waals surface area (Å²) in [4.78, 5) is 9.52. The predicted octanol–water partition coefficient (Wildman–Crippen LogP) is 0.902. The normalized spacial score (nSPS) is 11.3. The standard InChI is InChI=1S/C8H10N2O5S/c1-2-15-16(13,14)6-3-4-7(9)8(5-6)10(11)12/h3-5H,2,9H2,1H3. The lowest BCUT2D eigenvalue weighted by Gasteiger charge is -2.04. The fourth-order valence-electron chi connectivity index (χ4n) is 1.06. The first-order valence-electron chi connectivity index (χ1n) is 4.32. The van der Waals surface area contributed by atoms with Crippen molar-refractivity contribution in [2.75, 3.05) is 12.3 Å². The Hall–Kier alpha value is -1.67. The molecule has 8 heteroatoms. The Morgan fingerprint density at radius 1 is 1.50 bits per heavy atom. The van der Waals surface area contributed by atoms with Crippen LogP contribution >= 0.6 is 0 Å². The smallest absolute Gasteiger partial charge is 0.297 e. The van der Waals surface area contributed by atoms with E-state index < -0.39 is 20.7 Å². The maximum Gasteiger partial charge on any atom is 0.297 e. The number of anilines is 1. The van der Waals surface area contributed by atoms with E-state index in [9.17, 15) is 18.5 Å². The van der Waals surface area contributed by atoms with E-state index >= 15 is 0 Å². The van der Waals surface area contributed by atoms with Gasteiger partial charge in [-0.25, -0.2) is 0 Å². The lowest BCUT2D eigenvalue weighted by Crippen LogP contribution is -2.07. The van der Waals surface area contributed by atoms with E-state index in [1.54, 1.807) is 0 Å². The van der Waals surface area contributed by atoms with E-state index in [0.717, 1.165) is 18.2 Å². The lowest BCUT2D eigenvalue weighted by atomic mass is 10.3. The number of hydrogen-bond acceptors (Lipinski definition) is 6. The van der Waals surface area contributed by atoms with Crippen LogP contribution in [-0.4, -0.2) is 19.9 Å². The molecular formula is C8H10N2O5S. The molecule has 0 atom stereocenters. The second kappa shape index (κ2) is 4.45. The molecule has 0 aromatic heterocycles. The van der Waals surface area contributed by atoms with Gasteiger partial charge in [0.1, 0.15) is 10.6 Å². The fraction of sp³-hybridized carbons (Fsp3) is 0.250. The van der Waals surface area contributed by atoms with E-state index in [-0.39, 0.29) is 17.2 Å². The highest BCUT2D eigenvalue weighted by atomic mass is 32.2. The minimum atomic E-state index is -3.94. The van der Waals surface area contributed by atoms with Crippen molar-refractivity contribution in [1.82, 2.24) is 0 Å². The maximum absolute atomic E-state index is 11.4. The van der Waals surface area contributed by atoms with Gasteiger partial charge in [0.05, 0.1) is 11.5 Å². The summed E-state index contributed by atoms with van der Waals surface area (Å²) in [7, 11) is -3.94. The number of nitrogens with two attached hydrogens (primary N) is 1. The average molecular weight is 246 g/mol. The molecule has 1 aromatic rings. The largest absolute Gasteiger partial charge is 0.393 e. The molecule has 0 aliphatic carbocycles. The summed E-state index contributed by atoms with van der Waals surface area (Å²) < 4.78 is 27.4.